The first-order valence-electron chi connectivity index (χ1n) is 8.50. The van der Waals surface area contributed by atoms with Crippen molar-refractivity contribution in [3.63, 3.8) is 0 Å². The number of fused-ring (bicyclic) bond motifs is 1. The van der Waals surface area contributed by atoms with Gasteiger partial charge < -0.3 is 9.80 Å². The molecule has 0 spiro atoms. The summed E-state index contributed by atoms with van der Waals surface area (Å²) in [5.74, 6) is -2.56. The maximum Gasteiger partial charge on any atom is 0.257 e. The van der Waals surface area contributed by atoms with Gasteiger partial charge in [-0.2, -0.15) is 5.10 Å². The predicted molar refractivity (Wildman–Crippen MR) is 93.4 cm³/mol. The summed E-state index contributed by atoms with van der Waals surface area (Å²) < 4.78 is 28.0. The maximum atomic E-state index is 13.4. The summed E-state index contributed by atoms with van der Waals surface area (Å²) in [5.41, 5.74) is 1.33. The molecule has 1 aliphatic heterocycles. The van der Waals surface area contributed by atoms with Gasteiger partial charge in [0, 0.05) is 37.9 Å². The van der Waals surface area contributed by atoms with E-state index < -0.39 is 11.6 Å². The number of carbonyl (C=O) groups is 2. The molecule has 1 saturated heterocycles. The van der Waals surface area contributed by atoms with E-state index in [9.17, 15) is 18.4 Å². The van der Waals surface area contributed by atoms with Crippen LogP contribution in [-0.4, -0.2) is 57.4 Å². The van der Waals surface area contributed by atoms with Gasteiger partial charge in [-0.3, -0.25) is 9.59 Å². The summed E-state index contributed by atoms with van der Waals surface area (Å²) in [4.78, 5) is 28.4. The molecule has 27 heavy (non-hydrogen) atoms. The van der Waals surface area contributed by atoms with Crippen molar-refractivity contribution in [1.29, 1.82) is 0 Å². The highest BCUT2D eigenvalue weighted by molar-refractivity contribution is 6.01. The zero-order chi connectivity index (χ0) is 19.0. The number of halogens is 2. The molecule has 0 N–H and O–H groups in total. The second-order valence-corrected chi connectivity index (χ2v) is 6.30. The van der Waals surface area contributed by atoms with E-state index in [1.807, 2.05) is 18.2 Å². The van der Waals surface area contributed by atoms with Gasteiger partial charge in [0.05, 0.1) is 17.3 Å². The first-order valence-corrected chi connectivity index (χ1v) is 8.50. The Morgan fingerprint density at radius 3 is 2.30 bits per heavy atom. The monoisotopic (exact) mass is 370 g/mol. The third-order valence-electron chi connectivity index (χ3n) is 4.68. The topological polar surface area (TPSA) is 57.9 Å². The Labute approximate surface area is 153 Å². The van der Waals surface area contributed by atoms with Crippen molar-refractivity contribution in [1.82, 2.24) is 19.4 Å². The lowest BCUT2D eigenvalue weighted by molar-refractivity contribution is 0.0536. The smallest absolute Gasteiger partial charge is 0.257 e. The molecule has 3 heterocycles. The number of hydrogen-bond donors (Lipinski definition) is 0. The minimum absolute atomic E-state index is 0.0938. The molecule has 0 atom stereocenters. The Bertz CT molecular complexity index is 1030. The van der Waals surface area contributed by atoms with Crippen molar-refractivity contribution >= 4 is 17.3 Å². The molecule has 0 saturated carbocycles. The van der Waals surface area contributed by atoms with E-state index in [2.05, 4.69) is 5.10 Å². The molecule has 3 aromatic rings. The number of hydrogen-bond acceptors (Lipinski definition) is 3. The van der Waals surface area contributed by atoms with Crippen LogP contribution in [0.3, 0.4) is 0 Å². The van der Waals surface area contributed by atoms with Crippen LogP contribution in [0.25, 0.3) is 5.52 Å². The molecule has 0 aliphatic carbocycles. The van der Waals surface area contributed by atoms with Crippen LogP contribution in [0.1, 0.15) is 20.7 Å². The predicted octanol–water partition coefficient (Wildman–Crippen LogP) is 2.21. The molecular formula is C19H16F2N4O2. The summed E-state index contributed by atoms with van der Waals surface area (Å²) in [7, 11) is 0. The summed E-state index contributed by atoms with van der Waals surface area (Å²) in [6.07, 6.45) is 3.31. The Hall–Kier alpha value is -3.29. The second kappa shape index (κ2) is 6.79. The van der Waals surface area contributed by atoms with Crippen LogP contribution in [0, 0.1) is 11.6 Å². The number of piperazine rings is 1. The fourth-order valence-corrected chi connectivity index (χ4v) is 3.19. The van der Waals surface area contributed by atoms with Crippen molar-refractivity contribution in [2.75, 3.05) is 26.2 Å². The Balaban J connectivity index is 1.44. The number of aromatic nitrogens is 2. The summed E-state index contributed by atoms with van der Waals surface area (Å²) >= 11 is 0. The third-order valence-corrected chi connectivity index (χ3v) is 4.68. The van der Waals surface area contributed by atoms with Crippen LogP contribution < -0.4 is 0 Å². The molecule has 2 amide bonds. The standard InChI is InChI=1S/C19H16F2N4O2/c20-15-5-4-13(11-16(15)21)18(26)23-7-9-24(10-8-23)19(27)14-12-22-25-6-2-1-3-17(14)25/h1-6,11-12H,7-10H2. The molecule has 1 aliphatic rings. The molecule has 0 bridgehead atoms. The van der Waals surface area contributed by atoms with Gasteiger partial charge >= 0.3 is 0 Å². The first kappa shape index (κ1) is 17.1. The number of carbonyl (C=O) groups excluding carboxylic acids is 2. The molecule has 6 nitrogen and oxygen atoms in total. The Morgan fingerprint density at radius 2 is 1.59 bits per heavy atom. The Kier molecular flexibility index (Phi) is 4.31. The van der Waals surface area contributed by atoms with Crippen LogP contribution in [0.4, 0.5) is 8.78 Å². The van der Waals surface area contributed by atoms with E-state index in [1.165, 1.54) is 17.2 Å². The number of rotatable bonds is 2. The van der Waals surface area contributed by atoms with E-state index >= 15 is 0 Å². The van der Waals surface area contributed by atoms with Crippen molar-refractivity contribution in [2.45, 2.75) is 0 Å². The number of amides is 2. The summed E-state index contributed by atoms with van der Waals surface area (Å²) in [6.45, 7) is 1.36. The summed E-state index contributed by atoms with van der Waals surface area (Å²) in [6, 6.07) is 8.59. The van der Waals surface area contributed by atoms with Crippen LogP contribution >= 0.6 is 0 Å². The minimum Gasteiger partial charge on any atom is -0.335 e. The zero-order valence-electron chi connectivity index (χ0n) is 14.3. The van der Waals surface area contributed by atoms with Gasteiger partial charge in [0.2, 0.25) is 0 Å². The van der Waals surface area contributed by atoms with E-state index in [4.69, 9.17) is 0 Å². The molecule has 4 rings (SSSR count). The number of benzene rings is 1. The molecule has 0 radical (unpaired) electrons. The minimum atomic E-state index is -1.05. The van der Waals surface area contributed by atoms with Gasteiger partial charge in [0.15, 0.2) is 11.6 Å². The molecule has 2 aromatic heterocycles. The largest absolute Gasteiger partial charge is 0.335 e. The highest BCUT2D eigenvalue weighted by Crippen LogP contribution is 2.16. The van der Waals surface area contributed by atoms with Crippen molar-refractivity contribution < 1.29 is 18.4 Å². The lowest BCUT2D eigenvalue weighted by Gasteiger charge is -2.34. The van der Waals surface area contributed by atoms with Crippen LogP contribution in [0.5, 0.6) is 0 Å². The average molecular weight is 370 g/mol. The van der Waals surface area contributed by atoms with E-state index in [1.54, 1.807) is 15.6 Å². The number of nitrogens with zero attached hydrogens (tertiary/aromatic N) is 4. The van der Waals surface area contributed by atoms with E-state index in [0.29, 0.717) is 31.7 Å². The van der Waals surface area contributed by atoms with Crippen LogP contribution in [-0.2, 0) is 0 Å². The third kappa shape index (κ3) is 3.14. The van der Waals surface area contributed by atoms with Crippen molar-refractivity contribution in [3.8, 4) is 0 Å². The fraction of sp³-hybridized carbons (Fsp3) is 0.211. The molecule has 1 aromatic carbocycles. The van der Waals surface area contributed by atoms with Crippen LogP contribution in [0.15, 0.2) is 48.8 Å². The molecule has 138 valence electrons. The molecule has 8 heteroatoms. The highest BCUT2D eigenvalue weighted by atomic mass is 19.2. The van der Waals surface area contributed by atoms with Gasteiger partial charge in [-0.1, -0.05) is 6.07 Å². The lowest BCUT2D eigenvalue weighted by Crippen LogP contribution is -2.50. The molecular weight excluding hydrogens is 354 g/mol. The van der Waals surface area contributed by atoms with Gasteiger partial charge in [0.1, 0.15) is 0 Å². The molecule has 1 fully saturated rings. The van der Waals surface area contributed by atoms with Crippen molar-refractivity contribution in [2.24, 2.45) is 0 Å². The van der Waals surface area contributed by atoms with Gasteiger partial charge in [-0.25, -0.2) is 13.3 Å². The fourth-order valence-electron chi connectivity index (χ4n) is 3.19. The second-order valence-electron chi connectivity index (χ2n) is 6.30. The van der Waals surface area contributed by atoms with E-state index in [-0.39, 0.29) is 17.4 Å². The molecule has 0 unspecified atom stereocenters. The van der Waals surface area contributed by atoms with E-state index in [0.717, 1.165) is 17.6 Å². The van der Waals surface area contributed by atoms with Crippen LogP contribution in [0.2, 0.25) is 0 Å². The van der Waals surface area contributed by atoms with Gasteiger partial charge in [-0.05, 0) is 30.3 Å². The van der Waals surface area contributed by atoms with Gasteiger partial charge in [-0.15, -0.1) is 0 Å². The van der Waals surface area contributed by atoms with Gasteiger partial charge in [0.25, 0.3) is 11.8 Å². The SMILES string of the molecule is O=C(c1ccc(F)c(F)c1)N1CCN(C(=O)c2cnn3ccccc23)CC1. The normalized spacial score (nSPS) is 14.6. The zero-order valence-corrected chi connectivity index (χ0v) is 14.3. The first-order chi connectivity index (χ1) is 13.0. The maximum absolute atomic E-state index is 13.4. The number of pyridine rings is 1. The summed E-state index contributed by atoms with van der Waals surface area (Å²) in [5, 5.41) is 4.17. The quantitative estimate of drug-likeness (QED) is 0.695. The van der Waals surface area contributed by atoms with Crippen molar-refractivity contribution in [3.05, 3.63) is 71.6 Å². The Morgan fingerprint density at radius 1 is 0.889 bits per heavy atom. The average Bonchev–Trinajstić information content (AvgIpc) is 3.13. The highest BCUT2D eigenvalue weighted by Gasteiger charge is 2.27. The lowest BCUT2D eigenvalue weighted by atomic mass is 10.1.